The molecule has 0 N–H and O–H groups in total. The van der Waals surface area contributed by atoms with Gasteiger partial charge in [0.05, 0.1) is 6.17 Å². The van der Waals surface area contributed by atoms with Crippen molar-refractivity contribution in [2.45, 2.75) is 33.0 Å². The molecule has 0 radical (unpaired) electrons. The fourth-order valence-corrected chi connectivity index (χ4v) is 1.81. The molecule has 3 heteroatoms. The Morgan fingerprint density at radius 1 is 1.45 bits per heavy atom. The summed E-state index contributed by atoms with van der Waals surface area (Å²) < 4.78 is 0. The van der Waals surface area contributed by atoms with Gasteiger partial charge in [0.25, 0.3) is 0 Å². The van der Waals surface area contributed by atoms with Crippen LogP contribution in [0.15, 0.2) is 0 Å². The van der Waals surface area contributed by atoms with E-state index in [1.54, 1.807) is 6.92 Å². The van der Waals surface area contributed by atoms with E-state index in [2.05, 4.69) is 18.7 Å². The van der Waals surface area contributed by atoms with E-state index in [0.29, 0.717) is 6.04 Å². The van der Waals surface area contributed by atoms with Gasteiger partial charge in [0.15, 0.2) is 0 Å². The van der Waals surface area contributed by atoms with Gasteiger partial charge in [0.2, 0.25) is 5.91 Å². The summed E-state index contributed by atoms with van der Waals surface area (Å²) in [4.78, 5) is 15.2. The molecule has 0 aliphatic carbocycles. The van der Waals surface area contributed by atoms with E-state index in [1.807, 2.05) is 11.9 Å². The molecule has 0 aromatic heterocycles. The van der Waals surface area contributed by atoms with Crippen LogP contribution in [0, 0.1) is 0 Å². The van der Waals surface area contributed by atoms with Crippen LogP contribution in [0.5, 0.6) is 0 Å². The highest BCUT2D eigenvalue weighted by molar-refractivity contribution is 5.74. The van der Waals surface area contributed by atoms with Crippen molar-refractivity contribution >= 4 is 5.91 Å². The smallest absolute Gasteiger partial charge is 0.220 e. The molecule has 1 amide bonds. The molecule has 1 rings (SSSR count). The van der Waals surface area contributed by atoms with Crippen molar-refractivity contribution in [3.8, 4) is 0 Å². The first-order valence-electron chi connectivity index (χ1n) is 4.03. The largest absolute Gasteiger partial charge is 0.323 e. The Balaban J connectivity index is 2.71. The number of hydrogen-bond donors (Lipinski definition) is 0. The molecular formula is C8H16N2O. The Hall–Kier alpha value is -0.570. The van der Waals surface area contributed by atoms with Crippen LogP contribution in [0.4, 0.5) is 0 Å². The van der Waals surface area contributed by atoms with E-state index < -0.39 is 0 Å². The summed E-state index contributed by atoms with van der Waals surface area (Å²) in [5.74, 6) is 0.175. The van der Waals surface area contributed by atoms with Crippen LogP contribution < -0.4 is 0 Å². The third kappa shape index (κ3) is 1.38. The molecular weight excluding hydrogens is 140 g/mol. The van der Waals surface area contributed by atoms with Crippen LogP contribution in [-0.2, 0) is 4.79 Å². The minimum absolute atomic E-state index is 0.175. The van der Waals surface area contributed by atoms with Crippen molar-refractivity contribution in [2.75, 3.05) is 13.6 Å². The van der Waals surface area contributed by atoms with Crippen molar-refractivity contribution in [2.24, 2.45) is 0 Å². The van der Waals surface area contributed by atoms with Crippen molar-refractivity contribution in [3.63, 3.8) is 0 Å². The highest BCUT2D eigenvalue weighted by atomic mass is 16.2. The Morgan fingerprint density at radius 2 is 2.00 bits per heavy atom. The summed E-state index contributed by atoms with van der Waals surface area (Å²) in [5, 5.41) is 0. The van der Waals surface area contributed by atoms with Crippen LogP contribution in [0.1, 0.15) is 20.8 Å². The molecule has 0 bridgehead atoms. The van der Waals surface area contributed by atoms with Gasteiger partial charge >= 0.3 is 0 Å². The number of carbonyl (C=O) groups is 1. The Labute approximate surface area is 68.0 Å². The van der Waals surface area contributed by atoms with Gasteiger partial charge in [-0.05, 0) is 20.9 Å². The molecule has 2 atom stereocenters. The van der Waals surface area contributed by atoms with E-state index in [-0.39, 0.29) is 12.1 Å². The number of amides is 1. The lowest BCUT2D eigenvalue weighted by Gasteiger charge is -2.25. The van der Waals surface area contributed by atoms with E-state index in [1.165, 1.54) is 0 Å². The summed E-state index contributed by atoms with van der Waals surface area (Å²) >= 11 is 0. The third-order valence-electron chi connectivity index (χ3n) is 2.43. The monoisotopic (exact) mass is 156 g/mol. The van der Waals surface area contributed by atoms with Gasteiger partial charge < -0.3 is 4.90 Å². The van der Waals surface area contributed by atoms with Gasteiger partial charge in [-0.3, -0.25) is 9.69 Å². The number of rotatable bonds is 0. The quantitative estimate of drug-likeness (QED) is 0.510. The second-order valence-electron chi connectivity index (χ2n) is 3.35. The van der Waals surface area contributed by atoms with Gasteiger partial charge in [0.1, 0.15) is 0 Å². The van der Waals surface area contributed by atoms with Crippen molar-refractivity contribution in [3.05, 3.63) is 0 Å². The lowest BCUT2D eigenvalue weighted by molar-refractivity contribution is -0.132. The minimum atomic E-state index is 0.175. The van der Waals surface area contributed by atoms with E-state index >= 15 is 0 Å². The standard InChI is InChI=1S/C8H16N2O/c1-6-5-9(4)7(2)10(6)8(3)11/h6-7H,5H2,1-4H3. The molecule has 0 spiro atoms. The maximum absolute atomic E-state index is 11.1. The number of nitrogens with zero attached hydrogens (tertiary/aromatic N) is 2. The normalized spacial score (nSPS) is 32.9. The average Bonchev–Trinajstić information content (AvgIpc) is 2.07. The molecule has 0 aromatic carbocycles. The molecule has 2 unspecified atom stereocenters. The minimum Gasteiger partial charge on any atom is -0.323 e. The lowest BCUT2D eigenvalue weighted by Crippen LogP contribution is -2.39. The lowest BCUT2D eigenvalue weighted by atomic mass is 10.3. The van der Waals surface area contributed by atoms with Crippen LogP contribution in [0.25, 0.3) is 0 Å². The Bertz CT molecular complexity index is 169. The maximum Gasteiger partial charge on any atom is 0.220 e. The first-order valence-corrected chi connectivity index (χ1v) is 4.03. The molecule has 0 saturated carbocycles. The fourth-order valence-electron chi connectivity index (χ4n) is 1.81. The summed E-state index contributed by atoms with van der Waals surface area (Å²) in [6, 6.07) is 0.368. The third-order valence-corrected chi connectivity index (χ3v) is 2.43. The molecule has 0 aromatic rings. The molecule has 1 saturated heterocycles. The highest BCUT2D eigenvalue weighted by Gasteiger charge is 2.32. The van der Waals surface area contributed by atoms with Gasteiger partial charge in [0, 0.05) is 19.5 Å². The Morgan fingerprint density at radius 3 is 2.18 bits per heavy atom. The summed E-state index contributed by atoms with van der Waals surface area (Å²) in [6.07, 6.45) is 0.266. The summed E-state index contributed by atoms with van der Waals surface area (Å²) in [6.45, 7) is 6.76. The predicted molar refractivity (Wildman–Crippen MR) is 44.1 cm³/mol. The van der Waals surface area contributed by atoms with E-state index in [9.17, 15) is 4.79 Å². The number of likely N-dealkylation sites (N-methyl/N-ethyl adjacent to an activating group) is 1. The van der Waals surface area contributed by atoms with Crippen molar-refractivity contribution in [1.82, 2.24) is 9.80 Å². The van der Waals surface area contributed by atoms with Crippen LogP contribution >= 0.6 is 0 Å². The van der Waals surface area contributed by atoms with E-state index in [4.69, 9.17) is 0 Å². The second-order valence-corrected chi connectivity index (χ2v) is 3.35. The zero-order valence-corrected chi connectivity index (χ0v) is 7.66. The number of hydrogen-bond acceptors (Lipinski definition) is 2. The van der Waals surface area contributed by atoms with Gasteiger partial charge in [-0.1, -0.05) is 0 Å². The average molecular weight is 156 g/mol. The SMILES string of the molecule is CC(=O)N1C(C)CN(C)C1C. The van der Waals surface area contributed by atoms with Gasteiger partial charge in [-0.15, -0.1) is 0 Å². The molecule has 1 aliphatic heterocycles. The molecule has 1 heterocycles. The zero-order valence-electron chi connectivity index (χ0n) is 7.66. The van der Waals surface area contributed by atoms with Crippen molar-refractivity contribution in [1.29, 1.82) is 0 Å². The molecule has 3 nitrogen and oxygen atoms in total. The topological polar surface area (TPSA) is 23.6 Å². The van der Waals surface area contributed by atoms with E-state index in [0.717, 1.165) is 6.54 Å². The molecule has 11 heavy (non-hydrogen) atoms. The molecule has 1 fully saturated rings. The fraction of sp³-hybridized carbons (Fsp3) is 0.875. The highest BCUT2D eigenvalue weighted by Crippen LogP contribution is 2.17. The van der Waals surface area contributed by atoms with Gasteiger partial charge in [-0.2, -0.15) is 0 Å². The predicted octanol–water partition coefficient (Wildman–Crippen LogP) is 0.515. The van der Waals surface area contributed by atoms with Gasteiger partial charge in [-0.25, -0.2) is 0 Å². The zero-order chi connectivity index (χ0) is 8.59. The first kappa shape index (κ1) is 8.53. The first-order chi connectivity index (χ1) is 5.04. The summed E-state index contributed by atoms with van der Waals surface area (Å²) in [5.41, 5.74) is 0. The Kier molecular flexibility index (Phi) is 2.18. The maximum atomic E-state index is 11.1. The summed E-state index contributed by atoms with van der Waals surface area (Å²) in [7, 11) is 2.05. The molecule has 1 aliphatic rings. The molecule has 64 valence electrons. The number of carbonyl (C=O) groups excluding carboxylic acids is 1. The van der Waals surface area contributed by atoms with Crippen LogP contribution in [-0.4, -0.2) is 41.5 Å². The van der Waals surface area contributed by atoms with Crippen LogP contribution in [0.2, 0.25) is 0 Å². The van der Waals surface area contributed by atoms with Crippen molar-refractivity contribution < 1.29 is 4.79 Å². The second kappa shape index (κ2) is 2.81. The van der Waals surface area contributed by atoms with Crippen LogP contribution in [0.3, 0.4) is 0 Å².